The van der Waals surface area contributed by atoms with Crippen LogP contribution >= 0.6 is 11.9 Å². The zero-order chi connectivity index (χ0) is 22.1. The maximum atomic E-state index is 12.2. The van der Waals surface area contributed by atoms with Crippen LogP contribution in [0.3, 0.4) is 0 Å². The monoisotopic (exact) mass is 442 g/mol. The summed E-state index contributed by atoms with van der Waals surface area (Å²) >= 11 is 1.61. The van der Waals surface area contributed by atoms with Gasteiger partial charge in [-0.05, 0) is 55.8 Å². The maximum Gasteiger partial charge on any atom is 0.337 e. The predicted molar refractivity (Wildman–Crippen MR) is 129 cm³/mol. The minimum Gasteiger partial charge on any atom is -0.478 e. The molecule has 1 saturated heterocycles. The number of para-hydroxylation sites is 1. The Morgan fingerprint density at radius 1 is 1.06 bits per heavy atom. The normalized spacial score (nSPS) is 14.0. The van der Waals surface area contributed by atoms with Crippen LogP contribution in [0.2, 0.25) is 0 Å². The Kier molecular flexibility index (Phi) is 9.10. The van der Waals surface area contributed by atoms with Gasteiger partial charge in [0.05, 0.1) is 16.1 Å². The van der Waals surface area contributed by atoms with Gasteiger partial charge >= 0.3 is 5.97 Å². The topological polar surface area (TPSA) is 53.0 Å². The molecule has 0 spiro atoms. The standard InChI is InChI=1S/C25H34N2O3S/c1-3-5-14-26(15-6-4-2)22-19-23(30-20-12-8-7-9-13-20)24(18-21(22)25(28)29)31-27-16-10-11-17-27/h7-9,12-13,18-19H,3-6,10-11,14-17H2,1-2H3,(H,28,29). The molecule has 1 N–H and O–H groups in total. The molecule has 1 aliphatic rings. The second kappa shape index (κ2) is 12.0. The number of benzene rings is 2. The van der Waals surface area contributed by atoms with E-state index in [-0.39, 0.29) is 0 Å². The third-order valence-electron chi connectivity index (χ3n) is 5.46. The van der Waals surface area contributed by atoms with Crippen LogP contribution in [-0.4, -0.2) is 41.6 Å². The highest BCUT2D eigenvalue weighted by Gasteiger charge is 2.23. The first-order valence-electron chi connectivity index (χ1n) is 11.4. The second-order valence-electron chi connectivity index (χ2n) is 7.96. The van der Waals surface area contributed by atoms with E-state index in [0.717, 1.165) is 73.9 Å². The van der Waals surface area contributed by atoms with E-state index in [1.165, 1.54) is 12.8 Å². The van der Waals surface area contributed by atoms with Crippen LogP contribution < -0.4 is 9.64 Å². The number of carbonyl (C=O) groups is 1. The van der Waals surface area contributed by atoms with E-state index < -0.39 is 5.97 Å². The van der Waals surface area contributed by atoms with E-state index in [4.69, 9.17) is 4.74 Å². The number of rotatable bonds is 12. The number of aromatic carboxylic acids is 1. The van der Waals surface area contributed by atoms with Crippen LogP contribution in [0.4, 0.5) is 5.69 Å². The van der Waals surface area contributed by atoms with E-state index in [2.05, 4.69) is 23.1 Å². The summed E-state index contributed by atoms with van der Waals surface area (Å²) in [7, 11) is 0. The van der Waals surface area contributed by atoms with Crippen molar-refractivity contribution in [2.75, 3.05) is 31.1 Å². The Hall–Kier alpha value is -2.18. The SMILES string of the molecule is CCCCN(CCCC)c1cc(Oc2ccccc2)c(SN2CCCC2)cc1C(=O)O. The molecule has 0 unspecified atom stereocenters. The Labute approximate surface area is 190 Å². The van der Waals surface area contributed by atoms with Crippen molar-refractivity contribution in [3.05, 3.63) is 48.0 Å². The lowest BCUT2D eigenvalue weighted by molar-refractivity contribution is 0.0697. The van der Waals surface area contributed by atoms with E-state index in [1.807, 2.05) is 42.5 Å². The summed E-state index contributed by atoms with van der Waals surface area (Å²) in [5.41, 5.74) is 1.11. The molecular weight excluding hydrogens is 408 g/mol. The van der Waals surface area contributed by atoms with Crippen molar-refractivity contribution in [3.8, 4) is 11.5 Å². The number of carboxylic acid groups (broad SMARTS) is 1. The van der Waals surface area contributed by atoms with Gasteiger partial charge in [-0.2, -0.15) is 0 Å². The Bertz CT molecular complexity index is 830. The highest BCUT2D eigenvalue weighted by Crippen LogP contribution is 2.41. The van der Waals surface area contributed by atoms with Crippen LogP contribution in [0, 0.1) is 0 Å². The highest BCUT2D eigenvalue weighted by atomic mass is 32.2. The number of unbranched alkanes of at least 4 members (excludes halogenated alkanes) is 2. The van der Waals surface area contributed by atoms with Gasteiger partial charge in [-0.1, -0.05) is 44.9 Å². The Balaban J connectivity index is 2.02. The first kappa shape index (κ1) is 23.5. The molecule has 0 saturated carbocycles. The average molecular weight is 443 g/mol. The molecule has 31 heavy (non-hydrogen) atoms. The molecular formula is C25H34N2O3S. The van der Waals surface area contributed by atoms with Crippen LogP contribution in [0.5, 0.6) is 11.5 Å². The van der Waals surface area contributed by atoms with Crippen LogP contribution in [0.1, 0.15) is 62.7 Å². The molecule has 1 fully saturated rings. The fourth-order valence-electron chi connectivity index (χ4n) is 3.72. The number of carboxylic acids is 1. The zero-order valence-electron chi connectivity index (χ0n) is 18.7. The first-order chi connectivity index (χ1) is 15.1. The molecule has 6 heteroatoms. The van der Waals surface area contributed by atoms with E-state index in [9.17, 15) is 9.90 Å². The zero-order valence-corrected chi connectivity index (χ0v) is 19.5. The third kappa shape index (κ3) is 6.65. The van der Waals surface area contributed by atoms with Crippen molar-refractivity contribution in [1.29, 1.82) is 0 Å². The molecule has 3 rings (SSSR count). The summed E-state index contributed by atoms with van der Waals surface area (Å²) in [6.07, 6.45) is 6.55. The number of hydrogen-bond acceptors (Lipinski definition) is 5. The minimum atomic E-state index is -0.887. The summed E-state index contributed by atoms with van der Waals surface area (Å²) in [6.45, 7) is 8.05. The Morgan fingerprint density at radius 2 is 1.71 bits per heavy atom. The quantitative estimate of drug-likeness (QED) is 0.370. The van der Waals surface area contributed by atoms with Crippen molar-refractivity contribution in [3.63, 3.8) is 0 Å². The molecule has 1 heterocycles. The lowest BCUT2D eigenvalue weighted by Gasteiger charge is -2.28. The molecule has 2 aromatic carbocycles. The van der Waals surface area contributed by atoms with Gasteiger partial charge in [0.2, 0.25) is 0 Å². The van der Waals surface area contributed by atoms with Crippen LogP contribution in [0.15, 0.2) is 47.4 Å². The van der Waals surface area contributed by atoms with E-state index in [1.54, 1.807) is 11.9 Å². The number of hydrogen-bond donors (Lipinski definition) is 1. The first-order valence-corrected chi connectivity index (χ1v) is 12.2. The summed E-state index contributed by atoms with van der Waals surface area (Å²) < 4.78 is 8.58. The summed E-state index contributed by atoms with van der Waals surface area (Å²) in [6, 6.07) is 13.5. The van der Waals surface area contributed by atoms with Gasteiger partial charge in [0, 0.05) is 32.2 Å². The maximum absolute atomic E-state index is 12.2. The summed E-state index contributed by atoms with van der Waals surface area (Å²) in [4.78, 5) is 15.3. The largest absolute Gasteiger partial charge is 0.478 e. The predicted octanol–water partition coefficient (Wildman–Crippen LogP) is 6.69. The van der Waals surface area contributed by atoms with Gasteiger partial charge in [-0.3, -0.25) is 0 Å². The third-order valence-corrected chi connectivity index (χ3v) is 6.60. The minimum absolute atomic E-state index is 0.356. The fourth-order valence-corrected chi connectivity index (χ4v) is 4.80. The smallest absolute Gasteiger partial charge is 0.337 e. The number of nitrogens with zero attached hydrogens (tertiary/aromatic N) is 2. The Morgan fingerprint density at radius 3 is 2.29 bits per heavy atom. The van der Waals surface area contributed by atoms with Gasteiger partial charge in [0.25, 0.3) is 0 Å². The molecule has 0 bridgehead atoms. The molecule has 0 radical (unpaired) electrons. The summed E-state index contributed by atoms with van der Waals surface area (Å²) in [5, 5.41) is 10.0. The van der Waals surface area contributed by atoms with Crippen LogP contribution in [0.25, 0.3) is 0 Å². The molecule has 168 valence electrons. The van der Waals surface area contributed by atoms with Crippen LogP contribution in [-0.2, 0) is 0 Å². The van der Waals surface area contributed by atoms with Gasteiger partial charge in [0.15, 0.2) is 0 Å². The number of anilines is 1. The fraction of sp³-hybridized carbons (Fsp3) is 0.480. The second-order valence-corrected chi connectivity index (χ2v) is 9.10. The molecule has 5 nitrogen and oxygen atoms in total. The molecule has 1 aliphatic heterocycles. The number of ether oxygens (including phenoxy) is 1. The summed E-state index contributed by atoms with van der Waals surface area (Å²) in [5.74, 6) is 0.595. The van der Waals surface area contributed by atoms with Crippen molar-refractivity contribution in [1.82, 2.24) is 4.31 Å². The van der Waals surface area contributed by atoms with Gasteiger partial charge < -0.3 is 14.7 Å². The lowest BCUT2D eigenvalue weighted by atomic mass is 10.1. The molecule has 0 aromatic heterocycles. The van der Waals surface area contributed by atoms with Gasteiger partial charge in [0.1, 0.15) is 11.5 Å². The van der Waals surface area contributed by atoms with Gasteiger partial charge in [-0.15, -0.1) is 0 Å². The molecule has 0 amide bonds. The highest BCUT2D eigenvalue weighted by molar-refractivity contribution is 7.97. The molecule has 0 aliphatic carbocycles. The lowest BCUT2D eigenvalue weighted by Crippen LogP contribution is -2.27. The molecule has 2 aromatic rings. The van der Waals surface area contributed by atoms with Gasteiger partial charge in [-0.25, -0.2) is 9.10 Å². The van der Waals surface area contributed by atoms with Crippen molar-refractivity contribution in [2.24, 2.45) is 0 Å². The van der Waals surface area contributed by atoms with E-state index in [0.29, 0.717) is 5.56 Å². The van der Waals surface area contributed by atoms with Crippen molar-refractivity contribution in [2.45, 2.75) is 57.3 Å². The van der Waals surface area contributed by atoms with E-state index >= 15 is 0 Å². The van der Waals surface area contributed by atoms with Crippen molar-refractivity contribution >= 4 is 23.6 Å². The average Bonchev–Trinajstić information content (AvgIpc) is 3.28. The van der Waals surface area contributed by atoms with Crippen molar-refractivity contribution < 1.29 is 14.6 Å². The molecule has 0 atom stereocenters.